The number of carbonyl (C=O) groups is 1. The predicted octanol–water partition coefficient (Wildman–Crippen LogP) is 5.56. The van der Waals surface area contributed by atoms with Gasteiger partial charge in [0.25, 0.3) is 26.0 Å². The molecule has 208 valence electrons. The quantitative estimate of drug-likeness (QED) is 0.226. The second-order valence-corrected chi connectivity index (χ2v) is 12.3. The summed E-state index contributed by atoms with van der Waals surface area (Å²) >= 11 is 0. The predicted molar refractivity (Wildman–Crippen MR) is 156 cm³/mol. The van der Waals surface area contributed by atoms with Crippen LogP contribution < -0.4 is 19.5 Å². The number of nitrogens with one attached hydrogen (secondary N) is 3. The van der Waals surface area contributed by atoms with Crippen LogP contribution in [0, 0.1) is 13.8 Å². The summed E-state index contributed by atoms with van der Waals surface area (Å²) in [5.41, 5.74) is 2.66. The van der Waals surface area contributed by atoms with E-state index in [-0.39, 0.29) is 21.0 Å². The van der Waals surface area contributed by atoms with Gasteiger partial charge in [0.2, 0.25) is 0 Å². The highest BCUT2D eigenvalue weighted by Crippen LogP contribution is 2.25. The monoisotopic (exact) mass is 579 g/mol. The molecule has 11 heteroatoms. The number of rotatable bonds is 10. The molecule has 0 bridgehead atoms. The van der Waals surface area contributed by atoms with Gasteiger partial charge in [-0.05, 0) is 99.1 Å². The Morgan fingerprint density at radius 1 is 0.700 bits per heavy atom. The molecule has 0 aliphatic heterocycles. The van der Waals surface area contributed by atoms with Gasteiger partial charge in [0, 0.05) is 16.9 Å². The Morgan fingerprint density at radius 3 is 1.85 bits per heavy atom. The number of anilines is 3. The van der Waals surface area contributed by atoms with Gasteiger partial charge in [-0.15, -0.1) is 0 Å². The molecule has 0 unspecified atom stereocenters. The number of hydrogen-bond donors (Lipinski definition) is 3. The zero-order chi connectivity index (χ0) is 28.9. The standard InChI is InChI=1S/C29H29N3O6S2/c1-4-38-24-14-10-23(11-15-24)31-39(34,35)26-18-12-22(13-19-26)30-29(33)27-6-5-7-28(21(27)3)32-40(36,37)25-16-8-20(2)9-17-25/h5-19,31-32H,4H2,1-3H3,(H,30,33). The van der Waals surface area contributed by atoms with Crippen molar-refractivity contribution < 1.29 is 26.4 Å². The number of ether oxygens (including phenoxy) is 1. The first-order chi connectivity index (χ1) is 19.0. The first-order valence-electron chi connectivity index (χ1n) is 12.3. The van der Waals surface area contributed by atoms with E-state index in [2.05, 4.69) is 14.8 Å². The minimum Gasteiger partial charge on any atom is -0.494 e. The Balaban J connectivity index is 1.45. The molecule has 4 aromatic rings. The van der Waals surface area contributed by atoms with Crippen molar-refractivity contribution in [3.8, 4) is 5.75 Å². The van der Waals surface area contributed by atoms with Crippen molar-refractivity contribution in [2.24, 2.45) is 0 Å². The van der Waals surface area contributed by atoms with Gasteiger partial charge in [-0.2, -0.15) is 0 Å². The molecule has 0 saturated heterocycles. The van der Waals surface area contributed by atoms with E-state index in [4.69, 9.17) is 4.74 Å². The van der Waals surface area contributed by atoms with E-state index in [9.17, 15) is 21.6 Å². The number of carbonyl (C=O) groups excluding carboxylic acids is 1. The third-order valence-electron chi connectivity index (χ3n) is 5.99. The average Bonchev–Trinajstić information content (AvgIpc) is 2.91. The lowest BCUT2D eigenvalue weighted by molar-refractivity contribution is 0.102. The molecule has 40 heavy (non-hydrogen) atoms. The Kier molecular flexibility index (Phi) is 8.46. The van der Waals surface area contributed by atoms with Crippen molar-refractivity contribution in [3.63, 3.8) is 0 Å². The average molecular weight is 580 g/mol. The maximum absolute atomic E-state index is 13.0. The first kappa shape index (κ1) is 28.7. The lowest BCUT2D eigenvalue weighted by Crippen LogP contribution is -2.17. The van der Waals surface area contributed by atoms with Crippen molar-refractivity contribution in [2.45, 2.75) is 30.6 Å². The molecule has 0 aliphatic carbocycles. The maximum atomic E-state index is 13.0. The molecular formula is C29H29N3O6S2. The Bertz CT molecular complexity index is 1720. The van der Waals surface area contributed by atoms with Crippen molar-refractivity contribution >= 4 is 43.0 Å². The second kappa shape index (κ2) is 11.8. The van der Waals surface area contributed by atoms with Crippen LogP contribution in [0.2, 0.25) is 0 Å². The minimum atomic E-state index is -3.86. The van der Waals surface area contributed by atoms with Crippen LogP contribution in [-0.4, -0.2) is 29.3 Å². The van der Waals surface area contributed by atoms with E-state index < -0.39 is 26.0 Å². The molecule has 0 aliphatic rings. The number of aryl methyl sites for hydroxylation is 1. The topological polar surface area (TPSA) is 131 Å². The van der Waals surface area contributed by atoms with Crippen LogP contribution in [0.3, 0.4) is 0 Å². The van der Waals surface area contributed by atoms with Gasteiger partial charge < -0.3 is 10.1 Å². The second-order valence-electron chi connectivity index (χ2n) is 8.94. The highest BCUT2D eigenvalue weighted by atomic mass is 32.2. The number of amides is 1. The lowest BCUT2D eigenvalue weighted by Gasteiger charge is -2.14. The van der Waals surface area contributed by atoms with E-state index in [0.29, 0.717) is 29.3 Å². The molecule has 4 aromatic carbocycles. The van der Waals surface area contributed by atoms with Gasteiger partial charge in [0.1, 0.15) is 5.75 Å². The summed E-state index contributed by atoms with van der Waals surface area (Å²) in [6.07, 6.45) is 0. The summed E-state index contributed by atoms with van der Waals surface area (Å²) < 4.78 is 61.7. The molecule has 3 N–H and O–H groups in total. The summed E-state index contributed by atoms with van der Waals surface area (Å²) in [5.74, 6) is 0.159. The number of hydrogen-bond acceptors (Lipinski definition) is 6. The maximum Gasteiger partial charge on any atom is 0.261 e. The fourth-order valence-corrected chi connectivity index (χ4v) is 6.01. The van der Waals surface area contributed by atoms with Crippen LogP contribution in [0.1, 0.15) is 28.4 Å². The van der Waals surface area contributed by atoms with Crippen LogP contribution in [0.15, 0.2) is 101 Å². The van der Waals surface area contributed by atoms with Crippen LogP contribution in [0.4, 0.5) is 17.1 Å². The zero-order valence-corrected chi connectivity index (χ0v) is 23.8. The third-order valence-corrected chi connectivity index (χ3v) is 8.77. The van der Waals surface area contributed by atoms with Crippen LogP contribution in [0.5, 0.6) is 5.75 Å². The summed E-state index contributed by atoms with van der Waals surface area (Å²) in [6, 6.07) is 23.4. The Hall–Kier alpha value is -4.35. The van der Waals surface area contributed by atoms with Gasteiger partial charge in [0.05, 0.1) is 22.1 Å². The lowest BCUT2D eigenvalue weighted by atomic mass is 10.1. The van der Waals surface area contributed by atoms with E-state index in [1.807, 2.05) is 13.8 Å². The molecule has 0 spiro atoms. The highest BCUT2D eigenvalue weighted by molar-refractivity contribution is 7.93. The van der Waals surface area contributed by atoms with Gasteiger partial charge >= 0.3 is 0 Å². The Morgan fingerprint density at radius 2 is 1.25 bits per heavy atom. The number of sulfonamides is 2. The normalized spacial score (nSPS) is 11.5. The zero-order valence-electron chi connectivity index (χ0n) is 22.1. The molecule has 9 nitrogen and oxygen atoms in total. The van der Waals surface area contributed by atoms with E-state index in [0.717, 1.165) is 5.56 Å². The van der Waals surface area contributed by atoms with Gasteiger partial charge in [-0.1, -0.05) is 23.8 Å². The van der Waals surface area contributed by atoms with E-state index in [1.54, 1.807) is 61.5 Å². The molecule has 0 heterocycles. The molecule has 0 saturated carbocycles. The molecule has 4 rings (SSSR count). The van der Waals surface area contributed by atoms with Gasteiger partial charge in [0.15, 0.2) is 0 Å². The molecule has 0 atom stereocenters. The first-order valence-corrected chi connectivity index (χ1v) is 15.3. The van der Waals surface area contributed by atoms with Crippen molar-refractivity contribution in [1.82, 2.24) is 0 Å². The van der Waals surface area contributed by atoms with Crippen molar-refractivity contribution in [1.29, 1.82) is 0 Å². The summed E-state index contributed by atoms with van der Waals surface area (Å²) in [7, 11) is -7.71. The van der Waals surface area contributed by atoms with Gasteiger partial charge in [-0.3, -0.25) is 14.2 Å². The highest BCUT2D eigenvalue weighted by Gasteiger charge is 2.19. The third kappa shape index (κ3) is 6.80. The molecule has 1 amide bonds. The number of benzene rings is 4. The molecule has 0 fully saturated rings. The van der Waals surface area contributed by atoms with E-state index >= 15 is 0 Å². The van der Waals surface area contributed by atoms with E-state index in [1.165, 1.54) is 36.4 Å². The smallest absolute Gasteiger partial charge is 0.261 e. The molecule has 0 radical (unpaired) electrons. The fourth-order valence-electron chi connectivity index (χ4n) is 3.83. The Labute approximate surface area is 234 Å². The molecule has 0 aromatic heterocycles. The van der Waals surface area contributed by atoms with Crippen LogP contribution in [-0.2, 0) is 20.0 Å². The van der Waals surface area contributed by atoms with Gasteiger partial charge in [-0.25, -0.2) is 16.8 Å². The molecular weight excluding hydrogens is 550 g/mol. The summed E-state index contributed by atoms with van der Waals surface area (Å²) in [5, 5.41) is 2.73. The van der Waals surface area contributed by atoms with Crippen molar-refractivity contribution in [3.05, 3.63) is 108 Å². The SMILES string of the molecule is CCOc1ccc(NS(=O)(=O)c2ccc(NC(=O)c3cccc(NS(=O)(=O)c4ccc(C)cc4)c3C)cc2)cc1. The summed E-state index contributed by atoms with van der Waals surface area (Å²) in [6.45, 7) is 5.87. The van der Waals surface area contributed by atoms with Crippen molar-refractivity contribution in [2.75, 3.05) is 21.4 Å². The minimum absolute atomic E-state index is 0.0167. The van der Waals surface area contributed by atoms with Crippen LogP contribution >= 0.6 is 0 Å². The van der Waals surface area contributed by atoms with Crippen LogP contribution in [0.25, 0.3) is 0 Å². The largest absolute Gasteiger partial charge is 0.494 e. The fraction of sp³-hybridized carbons (Fsp3) is 0.138. The summed E-state index contributed by atoms with van der Waals surface area (Å²) in [4.78, 5) is 13.2.